The van der Waals surface area contributed by atoms with Crippen molar-refractivity contribution in [2.75, 3.05) is 0 Å². The molecule has 1 fully saturated rings. The third-order valence-corrected chi connectivity index (χ3v) is 6.43. The van der Waals surface area contributed by atoms with E-state index in [9.17, 15) is 9.59 Å². The van der Waals surface area contributed by atoms with Gasteiger partial charge in [-0.3, -0.25) is 9.59 Å². The van der Waals surface area contributed by atoms with Gasteiger partial charge in [0, 0.05) is 18.8 Å². The van der Waals surface area contributed by atoms with Crippen molar-refractivity contribution in [1.82, 2.24) is 0 Å². The van der Waals surface area contributed by atoms with Crippen LogP contribution in [0.4, 0.5) is 0 Å². The lowest BCUT2D eigenvalue weighted by molar-refractivity contribution is -0.132. The summed E-state index contributed by atoms with van der Waals surface area (Å²) in [5.41, 5.74) is 5.08. The van der Waals surface area contributed by atoms with Crippen LogP contribution < -0.4 is 4.74 Å². The molecule has 0 aliphatic heterocycles. The lowest BCUT2D eigenvalue weighted by atomic mass is 9.60. The van der Waals surface area contributed by atoms with Crippen LogP contribution in [-0.4, -0.2) is 11.8 Å². The largest absolute Gasteiger partial charge is 0.427 e. The predicted octanol–water partition coefficient (Wildman–Crippen LogP) is 4.26. The lowest BCUT2D eigenvalue weighted by Crippen LogP contribution is -2.38. The van der Waals surface area contributed by atoms with Crippen LogP contribution in [0.5, 0.6) is 5.75 Å². The molecule has 0 saturated heterocycles. The van der Waals surface area contributed by atoms with Crippen LogP contribution in [0.15, 0.2) is 18.2 Å². The maximum absolute atomic E-state index is 12.4. The van der Waals surface area contributed by atoms with Crippen molar-refractivity contribution < 1.29 is 14.3 Å². The number of benzene rings is 1. The monoisotopic (exact) mass is 324 g/mol. The van der Waals surface area contributed by atoms with E-state index in [2.05, 4.69) is 19.9 Å². The van der Waals surface area contributed by atoms with Crippen LogP contribution >= 0.6 is 0 Å². The Hall–Kier alpha value is -1.90. The molecule has 3 aliphatic carbocycles. The van der Waals surface area contributed by atoms with Gasteiger partial charge in [-0.15, -0.1) is 0 Å². The van der Waals surface area contributed by atoms with Gasteiger partial charge in [0.1, 0.15) is 11.5 Å². The summed E-state index contributed by atoms with van der Waals surface area (Å²) in [6.07, 6.45) is 7.06. The molecular formula is C21H24O3. The van der Waals surface area contributed by atoms with Gasteiger partial charge in [-0.05, 0) is 78.8 Å². The van der Waals surface area contributed by atoms with Gasteiger partial charge in [0.25, 0.3) is 0 Å². The van der Waals surface area contributed by atoms with Crippen molar-refractivity contribution in [3.63, 3.8) is 0 Å². The molecule has 0 spiro atoms. The fourth-order valence-corrected chi connectivity index (χ4v) is 5.31. The lowest BCUT2D eigenvalue weighted by Gasteiger charge is -2.43. The standard InChI is InChI=1S/C21H24O3/c1-12-10-15(24-13(2)22)11-14-4-5-16-17(20(12)14)8-9-21(3)18(16)6-7-19(21)23/h8,10-11,16,18H,4-7,9H2,1-3H3/t16-,18+,21+/m1/s1. The van der Waals surface area contributed by atoms with Crippen LogP contribution in [-0.2, 0) is 16.0 Å². The van der Waals surface area contributed by atoms with Crippen LogP contribution in [0, 0.1) is 24.2 Å². The Labute approximate surface area is 143 Å². The molecule has 24 heavy (non-hydrogen) atoms. The van der Waals surface area contributed by atoms with Crippen molar-refractivity contribution in [3.05, 3.63) is 34.9 Å². The molecule has 1 saturated carbocycles. The van der Waals surface area contributed by atoms with E-state index in [1.165, 1.54) is 29.2 Å². The molecule has 0 amide bonds. The normalized spacial score (nSPS) is 31.0. The highest BCUT2D eigenvalue weighted by Crippen LogP contribution is 2.57. The average Bonchev–Trinajstić information content (AvgIpc) is 2.82. The van der Waals surface area contributed by atoms with E-state index in [1.807, 2.05) is 12.1 Å². The van der Waals surface area contributed by atoms with Crippen molar-refractivity contribution >= 4 is 17.3 Å². The van der Waals surface area contributed by atoms with Gasteiger partial charge >= 0.3 is 5.97 Å². The third-order valence-electron chi connectivity index (χ3n) is 6.43. The van der Waals surface area contributed by atoms with Crippen molar-refractivity contribution in [2.24, 2.45) is 17.3 Å². The Balaban J connectivity index is 1.77. The van der Waals surface area contributed by atoms with Crippen molar-refractivity contribution in [2.45, 2.75) is 52.9 Å². The second-order valence-electron chi connectivity index (χ2n) is 7.86. The molecule has 0 heterocycles. The minimum absolute atomic E-state index is 0.142. The molecule has 3 aliphatic rings. The topological polar surface area (TPSA) is 43.4 Å². The highest BCUT2D eigenvalue weighted by molar-refractivity contribution is 5.89. The minimum Gasteiger partial charge on any atom is -0.427 e. The number of hydrogen-bond acceptors (Lipinski definition) is 3. The highest BCUT2D eigenvalue weighted by Gasteiger charge is 2.52. The Morgan fingerprint density at radius 3 is 2.79 bits per heavy atom. The van der Waals surface area contributed by atoms with Gasteiger partial charge in [-0.1, -0.05) is 13.0 Å². The first-order valence-corrected chi connectivity index (χ1v) is 8.96. The van der Waals surface area contributed by atoms with Gasteiger partial charge in [0.05, 0.1) is 0 Å². The van der Waals surface area contributed by atoms with Crippen LogP contribution in [0.1, 0.15) is 56.2 Å². The quantitative estimate of drug-likeness (QED) is 0.573. The molecule has 0 aromatic heterocycles. The molecule has 1 aromatic rings. The maximum atomic E-state index is 12.4. The van der Waals surface area contributed by atoms with Gasteiger partial charge in [-0.25, -0.2) is 0 Å². The number of hydrogen-bond donors (Lipinski definition) is 0. The summed E-state index contributed by atoms with van der Waals surface area (Å²) < 4.78 is 5.29. The fourth-order valence-electron chi connectivity index (χ4n) is 5.31. The Kier molecular flexibility index (Phi) is 3.45. The summed E-state index contributed by atoms with van der Waals surface area (Å²) in [5.74, 6) is 1.82. The summed E-state index contributed by atoms with van der Waals surface area (Å²) in [7, 11) is 0. The van der Waals surface area contributed by atoms with E-state index in [0.717, 1.165) is 32.1 Å². The third kappa shape index (κ3) is 2.17. The van der Waals surface area contributed by atoms with Gasteiger partial charge < -0.3 is 4.74 Å². The molecule has 0 N–H and O–H groups in total. The molecule has 0 unspecified atom stereocenters. The Morgan fingerprint density at radius 2 is 2.04 bits per heavy atom. The first-order valence-electron chi connectivity index (χ1n) is 8.96. The van der Waals surface area contributed by atoms with Crippen molar-refractivity contribution in [3.8, 4) is 5.75 Å². The second kappa shape index (κ2) is 5.30. The number of ether oxygens (including phenoxy) is 1. The molecule has 3 nitrogen and oxygen atoms in total. The molecular weight excluding hydrogens is 300 g/mol. The molecule has 3 heteroatoms. The zero-order valence-corrected chi connectivity index (χ0v) is 14.6. The molecule has 4 rings (SSSR count). The second-order valence-corrected chi connectivity index (χ2v) is 7.86. The smallest absolute Gasteiger partial charge is 0.308 e. The number of Topliss-reactive ketones (excluding diaryl/α,β-unsaturated/α-hetero) is 1. The predicted molar refractivity (Wildman–Crippen MR) is 92.7 cm³/mol. The molecule has 0 bridgehead atoms. The Bertz CT molecular complexity index is 774. The number of carbonyl (C=O) groups is 2. The van der Waals surface area contributed by atoms with E-state index in [0.29, 0.717) is 23.4 Å². The van der Waals surface area contributed by atoms with Gasteiger partial charge in [0.15, 0.2) is 0 Å². The minimum atomic E-state index is -0.278. The summed E-state index contributed by atoms with van der Waals surface area (Å²) in [6.45, 7) is 5.71. The maximum Gasteiger partial charge on any atom is 0.308 e. The average molecular weight is 324 g/mol. The van der Waals surface area contributed by atoms with Crippen molar-refractivity contribution in [1.29, 1.82) is 0 Å². The number of allylic oxidation sites excluding steroid dienone is 2. The zero-order chi connectivity index (χ0) is 17.1. The zero-order valence-electron chi connectivity index (χ0n) is 14.6. The van der Waals surface area contributed by atoms with Crippen LogP contribution in [0.3, 0.4) is 0 Å². The highest BCUT2D eigenvalue weighted by atomic mass is 16.5. The number of esters is 1. The van der Waals surface area contributed by atoms with E-state index in [-0.39, 0.29) is 11.4 Å². The van der Waals surface area contributed by atoms with Gasteiger partial charge in [0.2, 0.25) is 0 Å². The Morgan fingerprint density at radius 1 is 1.25 bits per heavy atom. The number of aryl methyl sites for hydroxylation is 2. The van der Waals surface area contributed by atoms with E-state index >= 15 is 0 Å². The first kappa shape index (κ1) is 15.6. The number of rotatable bonds is 1. The number of ketones is 1. The summed E-state index contributed by atoms with van der Waals surface area (Å²) in [4.78, 5) is 23.6. The molecule has 1 aromatic carbocycles. The molecule has 0 radical (unpaired) electrons. The number of carbonyl (C=O) groups excluding carboxylic acids is 2. The first-order chi connectivity index (χ1) is 11.4. The van der Waals surface area contributed by atoms with Crippen LogP contribution in [0.2, 0.25) is 0 Å². The van der Waals surface area contributed by atoms with Gasteiger partial charge in [-0.2, -0.15) is 0 Å². The number of fused-ring (bicyclic) bond motifs is 5. The molecule has 3 atom stereocenters. The summed E-state index contributed by atoms with van der Waals surface area (Å²) >= 11 is 0. The molecule has 126 valence electrons. The SMILES string of the molecule is CC(=O)Oc1cc(C)c2c(c1)CC[C@@H]1C2=CC[C@]2(C)C(=O)CC[C@@H]12. The fraction of sp³-hybridized carbons (Fsp3) is 0.524. The van der Waals surface area contributed by atoms with Crippen LogP contribution in [0.25, 0.3) is 5.57 Å². The van der Waals surface area contributed by atoms with E-state index in [4.69, 9.17) is 4.74 Å². The summed E-state index contributed by atoms with van der Waals surface area (Å²) in [6, 6.07) is 3.99. The van der Waals surface area contributed by atoms with E-state index < -0.39 is 0 Å². The summed E-state index contributed by atoms with van der Waals surface area (Å²) in [5, 5.41) is 0. The van der Waals surface area contributed by atoms with E-state index in [1.54, 1.807) is 0 Å².